The third-order valence-electron chi connectivity index (χ3n) is 5.42. The van der Waals surface area contributed by atoms with Gasteiger partial charge < -0.3 is 9.84 Å². The number of rotatable bonds is 6. The summed E-state index contributed by atoms with van der Waals surface area (Å²) in [6.07, 6.45) is 3.63. The highest BCUT2D eigenvalue weighted by molar-refractivity contribution is 7.89. The van der Waals surface area contributed by atoms with Gasteiger partial charge in [-0.1, -0.05) is 23.4 Å². The predicted octanol–water partition coefficient (Wildman–Crippen LogP) is 4.10. The highest BCUT2D eigenvalue weighted by Crippen LogP contribution is 2.30. The average Bonchev–Trinajstić information content (AvgIpc) is 3.38. The van der Waals surface area contributed by atoms with Crippen molar-refractivity contribution in [3.8, 4) is 0 Å². The maximum Gasteiger partial charge on any atom is 0.248 e. The quantitative estimate of drug-likeness (QED) is 0.558. The van der Waals surface area contributed by atoms with Crippen LogP contribution in [0.15, 0.2) is 39.1 Å². The van der Waals surface area contributed by atoms with Crippen LogP contribution in [0, 0.1) is 25.6 Å². The van der Waals surface area contributed by atoms with E-state index in [4.69, 9.17) is 4.52 Å². The Bertz CT molecular complexity index is 1290. The van der Waals surface area contributed by atoms with Gasteiger partial charge in [0.15, 0.2) is 15.8 Å². The zero-order valence-corrected chi connectivity index (χ0v) is 19.7. The minimum Gasteiger partial charge on any atom is -0.355 e. The van der Waals surface area contributed by atoms with Crippen molar-refractivity contribution in [3.05, 3.63) is 58.2 Å². The average molecular weight is 491 g/mol. The van der Waals surface area contributed by atoms with E-state index in [1.807, 2.05) is 12.3 Å². The van der Waals surface area contributed by atoms with Gasteiger partial charge in [0.2, 0.25) is 15.9 Å². The van der Waals surface area contributed by atoms with Crippen molar-refractivity contribution in [2.24, 2.45) is 5.92 Å². The number of carbonyl (C=O) groups excluding carboxylic acids is 1. The highest BCUT2D eigenvalue weighted by Gasteiger charge is 2.36. The number of hydrogen-bond acceptors (Lipinski definition) is 7. The molecule has 1 amide bonds. The van der Waals surface area contributed by atoms with E-state index in [0.717, 1.165) is 5.69 Å². The monoisotopic (exact) mass is 490 g/mol. The second-order valence-electron chi connectivity index (χ2n) is 7.78. The Morgan fingerprint density at radius 2 is 1.97 bits per heavy atom. The SMILES string of the molecule is Cc1csc(NC(=O)C2CCN(S(=O)(=O)c3c(C)noc3C=Cc3ccccc3F)CC2)n1. The van der Waals surface area contributed by atoms with Crippen LogP contribution in [0.25, 0.3) is 12.2 Å². The number of nitrogens with zero attached hydrogens (tertiary/aromatic N) is 3. The molecule has 3 heterocycles. The smallest absolute Gasteiger partial charge is 0.248 e. The number of thiazole rings is 1. The van der Waals surface area contributed by atoms with Crippen LogP contribution in [0.2, 0.25) is 0 Å². The van der Waals surface area contributed by atoms with Gasteiger partial charge in [0.1, 0.15) is 11.5 Å². The molecule has 4 rings (SSSR count). The third-order valence-corrected chi connectivity index (χ3v) is 8.36. The van der Waals surface area contributed by atoms with Gasteiger partial charge in [0.25, 0.3) is 0 Å². The van der Waals surface area contributed by atoms with E-state index >= 15 is 0 Å². The molecule has 1 fully saturated rings. The lowest BCUT2D eigenvalue weighted by molar-refractivity contribution is -0.120. The van der Waals surface area contributed by atoms with Crippen molar-refractivity contribution >= 4 is 44.6 Å². The number of hydrogen-bond donors (Lipinski definition) is 1. The van der Waals surface area contributed by atoms with Gasteiger partial charge in [0, 0.05) is 30.0 Å². The number of nitrogens with one attached hydrogen (secondary N) is 1. The molecule has 11 heteroatoms. The Kier molecular flexibility index (Phi) is 6.73. The number of anilines is 1. The maximum absolute atomic E-state index is 13.9. The molecule has 1 aliphatic rings. The second kappa shape index (κ2) is 9.54. The van der Waals surface area contributed by atoms with Crippen LogP contribution in [0.4, 0.5) is 9.52 Å². The Balaban J connectivity index is 1.47. The highest BCUT2D eigenvalue weighted by atomic mass is 32.2. The van der Waals surface area contributed by atoms with Gasteiger partial charge in [0.05, 0.1) is 5.69 Å². The molecule has 2 aromatic heterocycles. The molecule has 1 aliphatic heterocycles. The first kappa shape index (κ1) is 23.3. The number of halogens is 1. The van der Waals surface area contributed by atoms with Crippen LogP contribution < -0.4 is 5.32 Å². The zero-order valence-electron chi connectivity index (χ0n) is 18.1. The van der Waals surface area contributed by atoms with Gasteiger partial charge in [-0.05, 0) is 44.9 Å². The fourth-order valence-electron chi connectivity index (χ4n) is 3.68. The van der Waals surface area contributed by atoms with E-state index in [1.165, 1.54) is 33.9 Å². The molecular weight excluding hydrogens is 467 g/mol. The van der Waals surface area contributed by atoms with Crippen molar-refractivity contribution in [1.29, 1.82) is 0 Å². The summed E-state index contributed by atoms with van der Waals surface area (Å²) >= 11 is 1.36. The van der Waals surface area contributed by atoms with Gasteiger partial charge in [-0.25, -0.2) is 17.8 Å². The lowest BCUT2D eigenvalue weighted by Gasteiger charge is -2.30. The fraction of sp³-hybridized carbons (Fsp3) is 0.318. The number of aromatic nitrogens is 2. The fourth-order valence-corrected chi connectivity index (χ4v) is 6.09. The molecule has 0 radical (unpaired) electrons. The standard InChI is InChI=1S/C22H23FN4O4S2/c1-14-13-32-22(24-14)25-21(28)17-9-11-27(12-10-17)33(29,30)20-15(2)26-31-19(20)8-7-16-5-3-4-6-18(16)23/h3-8,13,17H,9-12H2,1-2H3,(H,24,25,28). The molecule has 33 heavy (non-hydrogen) atoms. The molecule has 1 saturated heterocycles. The predicted molar refractivity (Wildman–Crippen MR) is 124 cm³/mol. The number of aryl methyl sites for hydroxylation is 2. The first-order valence-electron chi connectivity index (χ1n) is 10.4. The number of carbonyl (C=O) groups is 1. The Hall–Kier alpha value is -2.89. The van der Waals surface area contributed by atoms with Gasteiger partial charge in [-0.3, -0.25) is 4.79 Å². The number of sulfonamides is 1. The topological polar surface area (TPSA) is 105 Å². The molecule has 0 aliphatic carbocycles. The van der Waals surface area contributed by atoms with Crippen LogP contribution >= 0.6 is 11.3 Å². The molecule has 1 aromatic carbocycles. The number of benzene rings is 1. The molecular formula is C22H23FN4O4S2. The van der Waals surface area contributed by atoms with Gasteiger partial charge in [-0.15, -0.1) is 11.3 Å². The largest absolute Gasteiger partial charge is 0.355 e. The molecule has 0 unspecified atom stereocenters. The van der Waals surface area contributed by atoms with Crippen LogP contribution in [-0.2, 0) is 14.8 Å². The van der Waals surface area contributed by atoms with E-state index in [9.17, 15) is 17.6 Å². The lowest BCUT2D eigenvalue weighted by Crippen LogP contribution is -2.41. The third kappa shape index (κ3) is 5.05. The maximum atomic E-state index is 13.9. The summed E-state index contributed by atoms with van der Waals surface area (Å²) in [4.78, 5) is 16.7. The van der Waals surface area contributed by atoms with Crippen LogP contribution in [0.1, 0.15) is 35.6 Å². The van der Waals surface area contributed by atoms with Crippen molar-refractivity contribution < 1.29 is 22.1 Å². The molecule has 174 valence electrons. The normalized spacial score (nSPS) is 15.8. The summed E-state index contributed by atoms with van der Waals surface area (Å²) in [5.74, 6) is -0.849. The van der Waals surface area contributed by atoms with Gasteiger partial charge in [-0.2, -0.15) is 4.31 Å². The summed E-state index contributed by atoms with van der Waals surface area (Å²) < 4.78 is 47.2. The van der Waals surface area contributed by atoms with Crippen molar-refractivity contribution in [2.45, 2.75) is 31.6 Å². The molecule has 0 spiro atoms. The van der Waals surface area contributed by atoms with E-state index < -0.39 is 15.8 Å². The Labute approximate surface area is 195 Å². The Morgan fingerprint density at radius 1 is 1.24 bits per heavy atom. The number of piperidine rings is 1. The van der Waals surface area contributed by atoms with Crippen LogP contribution in [0.3, 0.4) is 0 Å². The first-order chi connectivity index (χ1) is 15.8. The summed E-state index contributed by atoms with van der Waals surface area (Å²) in [6, 6.07) is 6.15. The molecule has 8 nitrogen and oxygen atoms in total. The lowest BCUT2D eigenvalue weighted by atomic mass is 9.97. The first-order valence-corrected chi connectivity index (χ1v) is 12.7. The van der Waals surface area contributed by atoms with E-state index in [0.29, 0.717) is 23.5 Å². The molecule has 3 aromatic rings. The van der Waals surface area contributed by atoms with Crippen LogP contribution in [-0.4, -0.2) is 41.9 Å². The summed E-state index contributed by atoms with van der Waals surface area (Å²) in [5, 5.41) is 9.01. The van der Waals surface area contributed by atoms with Crippen molar-refractivity contribution in [2.75, 3.05) is 18.4 Å². The van der Waals surface area contributed by atoms with E-state index in [1.54, 1.807) is 25.1 Å². The molecule has 0 saturated carbocycles. The molecule has 0 atom stereocenters. The zero-order chi connectivity index (χ0) is 23.6. The summed E-state index contributed by atoms with van der Waals surface area (Å²) in [5.41, 5.74) is 1.36. The minimum atomic E-state index is -3.91. The second-order valence-corrected chi connectivity index (χ2v) is 10.5. The summed E-state index contributed by atoms with van der Waals surface area (Å²) in [6.45, 7) is 3.78. The minimum absolute atomic E-state index is 0.0368. The molecule has 0 bridgehead atoms. The van der Waals surface area contributed by atoms with E-state index in [2.05, 4.69) is 15.5 Å². The van der Waals surface area contributed by atoms with E-state index in [-0.39, 0.29) is 41.3 Å². The van der Waals surface area contributed by atoms with Crippen molar-refractivity contribution in [1.82, 2.24) is 14.4 Å². The summed E-state index contributed by atoms with van der Waals surface area (Å²) in [7, 11) is -3.91. The number of amides is 1. The van der Waals surface area contributed by atoms with Gasteiger partial charge >= 0.3 is 0 Å². The van der Waals surface area contributed by atoms with Crippen molar-refractivity contribution in [3.63, 3.8) is 0 Å². The Morgan fingerprint density at radius 3 is 2.64 bits per heavy atom. The molecule has 1 N–H and O–H groups in total. The van der Waals surface area contributed by atoms with Crippen LogP contribution in [0.5, 0.6) is 0 Å².